The van der Waals surface area contributed by atoms with Crippen molar-refractivity contribution in [3.8, 4) is 0 Å². The molecule has 1 N–H and O–H groups in total. The standard InChI is InChI=1S/C21H25NO5S/c1-5-17-7-9-18(10-8-17)21(24)16(4)27-20(23)13-22-28(25,26)19-11-6-14(2)15(3)12-19/h6-12,16,22H,5,13H2,1-4H3. The number of hydrogen-bond acceptors (Lipinski definition) is 5. The molecule has 0 aromatic heterocycles. The van der Waals surface area contributed by atoms with Crippen LogP contribution in [0.1, 0.15) is 40.9 Å². The number of ketones is 1. The fourth-order valence-corrected chi connectivity index (χ4v) is 3.60. The Morgan fingerprint density at radius 1 is 1.04 bits per heavy atom. The molecule has 0 bridgehead atoms. The van der Waals surface area contributed by atoms with Gasteiger partial charge < -0.3 is 4.74 Å². The van der Waals surface area contributed by atoms with E-state index in [1.54, 1.807) is 18.2 Å². The zero-order chi connectivity index (χ0) is 20.9. The number of aryl methyl sites for hydroxylation is 3. The maximum Gasteiger partial charge on any atom is 0.321 e. The molecule has 1 atom stereocenters. The Balaban J connectivity index is 1.95. The van der Waals surface area contributed by atoms with Crippen LogP contribution in [0.25, 0.3) is 0 Å². The molecule has 0 spiro atoms. The molecular weight excluding hydrogens is 378 g/mol. The van der Waals surface area contributed by atoms with Gasteiger partial charge in [0.25, 0.3) is 0 Å². The van der Waals surface area contributed by atoms with Crippen molar-refractivity contribution in [3.63, 3.8) is 0 Å². The Labute approximate surface area is 166 Å². The molecular formula is C21H25NO5S. The minimum Gasteiger partial charge on any atom is -0.453 e. The second-order valence-electron chi connectivity index (χ2n) is 6.62. The highest BCUT2D eigenvalue weighted by Crippen LogP contribution is 2.14. The Bertz CT molecular complexity index is 965. The summed E-state index contributed by atoms with van der Waals surface area (Å²) in [6.45, 7) is 6.61. The second kappa shape index (κ2) is 9.12. The molecule has 0 fully saturated rings. The van der Waals surface area contributed by atoms with E-state index in [-0.39, 0.29) is 10.7 Å². The van der Waals surface area contributed by atoms with E-state index in [1.165, 1.54) is 19.1 Å². The van der Waals surface area contributed by atoms with Crippen molar-refractivity contribution in [3.05, 3.63) is 64.7 Å². The zero-order valence-corrected chi connectivity index (χ0v) is 17.3. The summed E-state index contributed by atoms with van der Waals surface area (Å²) in [5, 5.41) is 0. The van der Waals surface area contributed by atoms with E-state index in [4.69, 9.17) is 4.74 Å². The van der Waals surface area contributed by atoms with Crippen LogP contribution in [0.3, 0.4) is 0 Å². The predicted octanol–water partition coefficient (Wildman–Crippen LogP) is 2.96. The van der Waals surface area contributed by atoms with Gasteiger partial charge in [-0.05, 0) is 56.0 Å². The highest BCUT2D eigenvalue weighted by atomic mass is 32.2. The van der Waals surface area contributed by atoms with E-state index in [0.29, 0.717) is 5.56 Å². The number of hydrogen-bond donors (Lipinski definition) is 1. The van der Waals surface area contributed by atoms with Crippen LogP contribution in [0.5, 0.6) is 0 Å². The van der Waals surface area contributed by atoms with E-state index in [2.05, 4.69) is 4.72 Å². The van der Waals surface area contributed by atoms with Gasteiger partial charge in [0, 0.05) is 5.56 Å². The number of sulfonamides is 1. The van der Waals surface area contributed by atoms with E-state index < -0.39 is 28.6 Å². The minimum absolute atomic E-state index is 0.0727. The van der Waals surface area contributed by atoms with E-state index >= 15 is 0 Å². The normalized spacial score (nSPS) is 12.4. The number of benzene rings is 2. The first-order valence-corrected chi connectivity index (χ1v) is 10.5. The first-order valence-electron chi connectivity index (χ1n) is 9.03. The summed E-state index contributed by atoms with van der Waals surface area (Å²) in [5.74, 6) is -1.16. The Hall–Kier alpha value is -2.51. The van der Waals surface area contributed by atoms with Gasteiger partial charge in [0.05, 0.1) is 4.90 Å². The molecule has 0 saturated heterocycles. The predicted molar refractivity (Wildman–Crippen MR) is 107 cm³/mol. The minimum atomic E-state index is -3.85. The van der Waals surface area contributed by atoms with Crippen LogP contribution in [-0.2, 0) is 26.0 Å². The van der Waals surface area contributed by atoms with E-state index in [1.807, 2.05) is 32.9 Å². The zero-order valence-electron chi connectivity index (χ0n) is 16.5. The molecule has 0 aliphatic carbocycles. The van der Waals surface area contributed by atoms with Gasteiger partial charge in [0.2, 0.25) is 15.8 Å². The van der Waals surface area contributed by atoms with Gasteiger partial charge in [-0.1, -0.05) is 37.3 Å². The number of Topliss-reactive ketones (excluding diaryl/α,β-unsaturated/α-hetero) is 1. The molecule has 28 heavy (non-hydrogen) atoms. The van der Waals surface area contributed by atoms with Crippen molar-refractivity contribution in [2.45, 2.75) is 45.1 Å². The molecule has 0 radical (unpaired) electrons. The highest BCUT2D eigenvalue weighted by molar-refractivity contribution is 7.89. The lowest BCUT2D eigenvalue weighted by Crippen LogP contribution is -2.34. The summed E-state index contributed by atoms with van der Waals surface area (Å²) in [7, 11) is -3.85. The summed E-state index contributed by atoms with van der Waals surface area (Å²) in [4.78, 5) is 24.4. The van der Waals surface area contributed by atoms with Crippen molar-refractivity contribution in [1.82, 2.24) is 4.72 Å². The van der Waals surface area contributed by atoms with Crippen LogP contribution >= 0.6 is 0 Å². The smallest absolute Gasteiger partial charge is 0.321 e. The number of nitrogens with one attached hydrogen (secondary N) is 1. The molecule has 1 unspecified atom stereocenters. The number of carbonyl (C=O) groups excluding carboxylic acids is 2. The lowest BCUT2D eigenvalue weighted by molar-refractivity contribution is -0.144. The van der Waals surface area contributed by atoms with Crippen LogP contribution in [0.2, 0.25) is 0 Å². The third kappa shape index (κ3) is 5.50. The first-order chi connectivity index (χ1) is 13.1. The summed E-state index contributed by atoms with van der Waals surface area (Å²) >= 11 is 0. The van der Waals surface area contributed by atoms with Crippen LogP contribution < -0.4 is 4.72 Å². The van der Waals surface area contributed by atoms with Crippen molar-refractivity contribution < 1.29 is 22.7 Å². The molecule has 0 aliphatic heterocycles. The Morgan fingerprint density at radius 3 is 2.25 bits per heavy atom. The van der Waals surface area contributed by atoms with E-state index in [9.17, 15) is 18.0 Å². The lowest BCUT2D eigenvalue weighted by Gasteiger charge is -2.13. The van der Waals surface area contributed by atoms with E-state index in [0.717, 1.165) is 23.1 Å². The molecule has 7 heteroatoms. The number of ether oxygens (including phenoxy) is 1. The quantitative estimate of drug-likeness (QED) is 0.541. The number of esters is 1. The van der Waals surface area contributed by atoms with Gasteiger partial charge in [-0.2, -0.15) is 4.72 Å². The number of carbonyl (C=O) groups is 2. The van der Waals surface area contributed by atoms with Crippen molar-refractivity contribution in [2.24, 2.45) is 0 Å². The van der Waals surface area contributed by atoms with Crippen LogP contribution in [0.15, 0.2) is 47.4 Å². The topological polar surface area (TPSA) is 89.5 Å². The average Bonchev–Trinajstić information content (AvgIpc) is 2.68. The van der Waals surface area contributed by atoms with Gasteiger partial charge in [-0.3, -0.25) is 9.59 Å². The highest BCUT2D eigenvalue weighted by Gasteiger charge is 2.21. The molecule has 0 amide bonds. The summed E-state index contributed by atoms with van der Waals surface area (Å²) in [5.41, 5.74) is 3.34. The summed E-state index contributed by atoms with van der Waals surface area (Å²) < 4.78 is 31.9. The third-order valence-electron chi connectivity index (χ3n) is 4.52. The van der Waals surface area contributed by atoms with Gasteiger partial charge in [-0.15, -0.1) is 0 Å². The van der Waals surface area contributed by atoms with Gasteiger partial charge >= 0.3 is 5.97 Å². The SMILES string of the molecule is CCc1ccc(C(=O)C(C)OC(=O)CNS(=O)(=O)c2ccc(C)c(C)c2)cc1. The molecule has 2 aromatic rings. The Morgan fingerprint density at radius 2 is 1.68 bits per heavy atom. The molecule has 150 valence electrons. The van der Waals surface area contributed by atoms with Gasteiger partial charge in [0.1, 0.15) is 6.54 Å². The third-order valence-corrected chi connectivity index (χ3v) is 5.92. The second-order valence-corrected chi connectivity index (χ2v) is 8.38. The fourth-order valence-electron chi connectivity index (χ4n) is 2.55. The molecule has 6 nitrogen and oxygen atoms in total. The monoisotopic (exact) mass is 403 g/mol. The maximum absolute atomic E-state index is 12.4. The molecule has 0 saturated carbocycles. The Kier molecular flexibility index (Phi) is 7.10. The first kappa shape index (κ1) is 21.8. The van der Waals surface area contributed by atoms with Crippen LogP contribution in [0.4, 0.5) is 0 Å². The van der Waals surface area contributed by atoms with Crippen LogP contribution in [0, 0.1) is 13.8 Å². The fraction of sp³-hybridized carbons (Fsp3) is 0.333. The van der Waals surface area contributed by atoms with Gasteiger partial charge in [-0.25, -0.2) is 8.42 Å². The molecule has 2 aromatic carbocycles. The molecule has 0 aliphatic rings. The summed E-state index contributed by atoms with van der Waals surface area (Å²) in [6.07, 6.45) is -0.147. The maximum atomic E-state index is 12.4. The van der Waals surface area contributed by atoms with Crippen LogP contribution in [-0.4, -0.2) is 32.8 Å². The summed E-state index contributed by atoms with van der Waals surface area (Å²) in [6, 6.07) is 11.8. The largest absolute Gasteiger partial charge is 0.453 e. The van der Waals surface area contributed by atoms with Crippen molar-refractivity contribution >= 4 is 21.8 Å². The average molecular weight is 404 g/mol. The molecule has 0 heterocycles. The van der Waals surface area contributed by atoms with Crippen molar-refractivity contribution in [1.29, 1.82) is 0 Å². The number of rotatable bonds is 8. The molecule has 2 rings (SSSR count). The van der Waals surface area contributed by atoms with Gasteiger partial charge in [0.15, 0.2) is 6.10 Å². The van der Waals surface area contributed by atoms with Crippen molar-refractivity contribution in [2.75, 3.05) is 6.54 Å². The lowest BCUT2D eigenvalue weighted by atomic mass is 10.0.